The highest BCUT2D eigenvalue weighted by Gasteiger charge is 2.21. The quantitative estimate of drug-likeness (QED) is 0.644. The maximum absolute atomic E-state index is 12.8. The molecule has 0 saturated carbocycles. The Balaban J connectivity index is 1.57. The number of piperidine rings is 1. The van der Waals surface area contributed by atoms with Gasteiger partial charge in [0.1, 0.15) is 0 Å². The molecule has 7 heteroatoms. The molecule has 1 fully saturated rings. The Morgan fingerprint density at radius 1 is 1.06 bits per heavy atom. The minimum Gasteiger partial charge on any atom is -0.349 e. The van der Waals surface area contributed by atoms with E-state index in [1.807, 2.05) is 13.0 Å². The van der Waals surface area contributed by atoms with Crippen LogP contribution >= 0.6 is 0 Å². The fraction of sp³-hybridized carbons (Fsp3) is 0.458. The van der Waals surface area contributed by atoms with Gasteiger partial charge < -0.3 is 10.2 Å². The van der Waals surface area contributed by atoms with E-state index in [0.29, 0.717) is 16.8 Å². The first-order chi connectivity index (χ1) is 14.8. The summed E-state index contributed by atoms with van der Waals surface area (Å²) >= 11 is 0. The standard InChI is InChI=1S/C24H33N3O3S/c1-4-5-14-27-15-12-21(13-16-27)25-24(28)20-8-10-22(11-9-20)26-31(29,30)23-17-18(2)6-7-19(23)3/h6-11,17,21,26H,4-5,12-16H2,1-3H3,(H,25,28). The number of unbranched alkanes of at least 4 members (excludes halogenated alkanes) is 1. The summed E-state index contributed by atoms with van der Waals surface area (Å²) < 4.78 is 28.1. The molecule has 0 aromatic heterocycles. The van der Waals surface area contributed by atoms with Crippen LogP contribution in [0.3, 0.4) is 0 Å². The average molecular weight is 444 g/mol. The molecule has 3 rings (SSSR count). The van der Waals surface area contributed by atoms with Crippen molar-refractivity contribution >= 4 is 21.6 Å². The zero-order valence-corrected chi connectivity index (χ0v) is 19.5. The third-order valence-electron chi connectivity index (χ3n) is 5.78. The van der Waals surface area contributed by atoms with E-state index in [1.54, 1.807) is 43.3 Å². The lowest BCUT2D eigenvalue weighted by Gasteiger charge is -2.32. The van der Waals surface area contributed by atoms with E-state index in [-0.39, 0.29) is 16.8 Å². The molecule has 0 atom stereocenters. The molecule has 6 nitrogen and oxygen atoms in total. The van der Waals surface area contributed by atoms with Crippen molar-refractivity contribution in [1.82, 2.24) is 10.2 Å². The Hall–Kier alpha value is -2.38. The molecule has 1 amide bonds. The van der Waals surface area contributed by atoms with Crippen LogP contribution in [0.25, 0.3) is 0 Å². The van der Waals surface area contributed by atoms with Crippen LogP contribution in [0.15, 0.2) is 47.4 Å². The van der Waals surface area contributed by atoms with Crippen LogP contribution in [0, 0.1) is 13.8 Å². The molecule has 2 aromatic carbocycles. The van der Waals surface area contributed by atoms with Crippen molar-refractivity contribution in [2.24, 2.45) is 0 Å². The molecule has 31 heavy (non-hydrogen) atoms. The summed E-state index contributed by atoms with van der Waals surface area (Å²) in [7, 11) is -3.69. The number of sulfonamides is 1. The van der Waals surface area contributed by atoms with E-state index < -0.39 is 10.0 Å². The van der Waals surface area contributed by atoms with Gasteiger partial charge in [-0.15, -0.1) is 0 Å². The number of benzene rings is 2. The lowest BCUT2D eigenvalue weighted by molar-refractivity contribution is 0.0911. The van der Waals surface area contributed by atoms with Crippen molar-refractivity contribution in [3.63, 3.8) is 0 Å². The van der Waals surface area contributed by atoms with Gasteiger partial charge in [0.15, 0.2) is 0 Å². The number of rotatable bonds is 8. The number of carbonyl (C=O) groups excluding carboxylic acids is 1. The topological polar surface area (TPSA) is 78.5 Å². The molecule has 2 aromatic rings. The minimum absolute atomic E-state index is 0.115. The molecule has 168 valence electrons. The van der Waals surface area contributed by atoms with Crippen LogP contribution < -0.4 is 10.0 Å². The number of anilines is 1. The van der Waals surface area contributed by atoms with E-state index in [2.05, 4.69) is 21.9 Å². The maximum Gasteiger partial charge on any atom is 0.262 e. The van der Waals surface area contributed by atoms with Crippen LogP contribution in [0.1, 0.15) is 54.1 Å². The van der Waals surface area contributed by atoms with E-state index >= 15 is 0 Å². The Morgan fingerprint density at radius 3 is 2.39 bits per heavy atom. The average Bonchev–Trinajstić information content (AvgIpc) is 2.75. The van der Waals surface area contributed by atoms with Gasteiger partial charge in [0.2, 0.25) is 0 Å². The number of nitrogens with zero attached hydrogens (tertiary/aromatic N) is 1. The van der Waals surface area contributed by atoms with E-state index in [4.69, 9.17) is 0 Å². The molecule has 1 heterocycles. The Kier molecular flexibility index (Phi) is 7.73. The van der Waals surface area contributed by atoms with Gasteiger partial charge in [-0.2, -0.15) is 0 Å². The summed E-state index contributed by atoms with van der Waals surface area (Å²) in [5, 5.41) is 3.11. The van der Waals surface area contributed by atoms with Crippen LogP contribution in [0.4, 0.5) is 5.69 Å². The van der Waals surface area contributed by atoms with Crippen molar-refractivity contribution < 1.29 is 13.2 Å². The predicted octanol–water partition coefficient (Wildman–Crippen LogP) is 4.10. The van der Waals surface area contributed by atoms with Gasteiger partial charge in [0, 0.05) is 30.4 Å². The van der Waals surface area contributed by atoms with Gasteiger partial charge in [-0.3, -0.25) is 9.52 Å². The molecule has 1 aliphatic rings. The summed E-state index contributed by atoms with van der Waals surface area (Å²) in [5.74, 6) is -0.115. The molecule has 2 N–H and O–H groups in total. The summed E-state index contributed by atoms with van der Waals surface area (Å²) in [6.07, 6.45) is 4.34. The third-order valence-corrected chi connectivity index (χ3v) is 7.31. The molecular weight excluding hydrogens is 410 g/mol. The first-order valence-electron chi connectivity index (χ1n) is 11.0. The summed E-state index contributed by atoms with van der Waals surface area (Å²) in [4.78, 5) is 15.3. The second-order valence-corrected chi connectivity index (χ2v) is 10.0. The number of likely N-dealkylation sites (tertiary alicyclic amines) is 1. The molecule has 0 radical (unpaired) electrons. The lowest BCUT2D eigenvalue weighted by Crippen LogP contribution is -2.44. The molecule has 1 saturated heterocycles. The van der Waals surface area contributed by atoms with Crippen molar-refractivity contribution in [3.05, 3.63) is 59.2 Å². The predicted molar refractivity (Wildman–Crippen MR) is 125 cm³/mol. The molecule has 1 aliphatic heterocycles. The number of amides is 1. The van der Waals surface area contributed by atoms with Crippen molar-refractivity contribution in [2.75, 3.05) is 24.4 Å². The van der Waals surface area contributed by atoms with Crippen LogP contribution in [0.5, 0.6) is 0 Å². The van der Waals surface area contributed by atoms with Crippen molar-refractivity contribution in [3.8, 4) is 0 Å². The Morgan fingerprint density at radius 2 is 1.74 bits per heavy atom. The van der Waals surface area contributed by atoms with Gasteiger partial charge in [0.05, 0.1) is 4.90 Å². The van der Waals surface area contributed by atoms with Gasteiger partial charge in [-0.1, -0.05) is 25.5 Å². The van der Waals surface area contributed by atoms with E-state index in [9.17, 15) is 13.2 Å². The van der Waals surface area contributed by atoms with Gasteiger partial charge in [-0.05, 0) is 81.1 Å². The highest BCUT2D eigenvalue weighted by molar-refractivity contribution is 7.92. The monoisotopic (exact) mass is 443 g/mol. The number of nitrogens with one attached hydrogen (secondary N) is 2. The summed E-state index contributed by atoms with van der Waals surface area (Å²) in [6.45, 7) is 9.01. The SMILES string of the molecule is CCCCN1CCC(NC(=O)c2ccc(NS(=O)(=O)c3cc(C)ccc3C)cc2)CC1. The first-order valence-corrected chi connectivity index (χ1v) is 12.5. The highest BCUT2D eigenvalue weighted by atomic mass is 32.2. The van der Waals surface area contributed by atoms with Crippen LogP contribution in [-0.2, 0) is 10.0 Å². The first kappa shape index (κ1) is 23.3. The van der Waals surface area contributed by atoms with Crippen molar-refractivity contribution in [2.45, 2.75) is 57.4 Å². The van der Waals surface area contributed by atoms with Crippen LogP contribution in [-0.4, -0.2) is 44.9 Å². The maximum atomic E-state index is 12.8. The van der Waals surface area contributed by atoms with Gasteiger partial charge >= 0.3 is 0 Å². The normalized spacial score (nSPS) is 15.6. The lowest BCUT2D eigenvalue weighted by atomic mass is 10.0. The number of hydrogen-bond acceptors (Lipinski definition) is 4. The molecule has 0 spiro atoms. The fourth-order valence-electron chi connectivity index (χ4n) is 3.85. The summed E-state index contributed by atoms with van der Waals surface area (Å²) in [5.41, 5.74) is 2.54. The minimum atomic E-state index is -3.69. The largest absolute Gasteiger partial charge is 0.349 e. The zero-order chi connectivity index (χ0) is 22.4. The molecular formula is C24H33N3O3S. The second kappa shape index (κ2) is 10.3. The van der Waals surface area contributed by atoms with Gasteiger partial charge in [-0.25, -0.2) is 8.42 Å². The molecule has 0 unspecified atom stereocenters. The molecule has 0 aliphatic carbocycles. The number of carbonyl (C=O) groups is 1. The number of aryl methyl sites for hydroxylation is 2. The third kappa shape index (κ3) is 6.31. The number of hydrogen-bond donors (Lipinski definition) is 2. The Labute approximate surface area is 186 Å². The van der Waals surface area contributed by atoms with Gasteiger partial charge in [0.25, 0.3) is 15.9 Å². The zero-order valence-electron chi connectivity index (χ0n) is 18.6. The van der Waals surface area contributed by atoms with E-state index in [0.717, 1.165) is 38.0 Å². The summed E-state index contributed by atoms with van der Waals surface area (Å²) in [6, 6.07) is 12.1. The Bertz CT molecular complexity index is 995. The second-order valence-electron chi connectivity index (χ2n) is 8.39. The highest BCUT2D eigenvalue weighted by Crippen LogP contribution is 2.21. The smallest absolute Gasteiger partial charge is 0.262 e. The van der Waals surface area contributed by atoms with Crippen LogP contribution in [0.2, 0.25) is 0 Å². The fourth-order valence-corrected chi connectivity index (χ4v) is 5.24. The van der Waals surface area contributed by atoms with Crippen molar-refractivity contribution in [1.29, 1.82) is 0 Å². The van der Waals surface area contributed by atoms with E-state index in [1.165, 1.54) is 12.8 Å². The molecule has 0 bridgehead atoms.